The average Bonchev–Trinajstić information content (AvgIpc) is 2.92. The second-order valence-electron chi connectivity index (χ2n) is 5.80. The van der Waals surface area contributed by atoms with Gasteiger partial charge in [0.15, 0.2) is 0 Å². The molecule has 3 rings (SSSR count). The van der Waals surface area contributed by atoms with Crippen molar-refractivity contribution >= 4 is 28.5 Å². The number of hydrogen-bond acceptors (Lipinski definition) is 3. The van der Waals surface area contributed by atoms with Crippen LogP contribution in [0, 0.1) is 3.57 Å². The number of amides is 1. The van der Waals surface area contributed by atoms with Gasteiger partial charge in [0.1, 0.15) is 17.6 Å². The molecule has 0 spiro atoms. The molecule has 2 aromatic carbocycles. The maximum absolute atomic E-state index is 12.4. The number of carbonyl (C=O) groups is 1. The highest BCUT2D eigenvalue weighted by Crippen LogP contribution is 2.35. The van der Waals surface area contributed by atoms with Crippen LogP contribution in [-0.4, -0.2) is 18.6 Å². The molecule has 1 N–H and O–H groups in total. The van der Waals surface area contributed by atoms with Crippen molar-refractivity contribution in [3.63, 3.8) is 0 Å². The summed E-state index contributed by atoms with van der Waals surface area (Å²) < 4.78 is 12.5. The summed E-state index contributed by atoms with van der Waals surface area (Å²) in [7, 11) is 0. The summed E-state index contributed by atoms with van der Waals surface area (Å²) in [5.41, 5.74) is 2.78. The summed E-state index contributed by atoms with van der Waals surface area (Å²) in [6.45, 7) is 5.01. The van der Waals surface area contributed by atoms with Gasteiger partial charge < -0.3 is 14.8 Å². The summed E-state index contributed by atoms with van der Waals surface area (Å²) in [6.07, 6.45) is 1.08. The lowest BCUT2D eigenvalue weighted by Gasteiger charge is -2.13. The van der Waals surface area contributed by atoms with Gasteiger partial charge in [0.25, 0.3) is 5.91 Å². The molecule has 0 saturated carbocycles. The molecule has 0 saturated heterocycles. The number of nitrogens with one attached hydrogen (secondary N) is 1. The van der Waals surface area contributed by atoms with Crippen LogP contribution in [0.2, 0.25) is 0 Å². The zero-order valence-corrected chi connectivity index (χ0v) is 15.9. The first-order valence-corrected chi connectivity index (χ1v) is 9.14. The normalized spacial score (nSPS) is 15.5. The smallest absolute Gasteiger partial charge is 0.252 e. The van der Waals surface area contributed by atoms with Gasteiger partial charge in [0, 0.05) is 27.7 Å². The average molecular weight is 437 g/mol. The maximum Gasteiger partial charge on any atom is 0.252 e. The molecule has 2 aromatic rings. The van der Waals surface area contributed by atoms with Crippen LogP contribution >= 0.6 is 22.6 Å². The first-order valence-electron chi connectivity index (χ1n) is 8.06. The number of carbonyl (C=O) groups excluding carboxylic acids is 1. The Hall–Kier alpha value is -1.76. The van der Waals surface area contributed by atoms with Crippen molar-refractivity contribution in [1.29, 1.82) is 0 Å². The number of ether oxygens (including phenoxy) is 2. The van der Waals surface area contributed by atoms with E-state index >= 15 is 0 Å². The van der Waals surface area contributed by atoms with Gasteiger partial charge in [-0.05, 0) is 60.7 Å². The van der Waals surface area contributed by atoms with Crippen LogP contribution in [0.1, 0.15) is 35.3 Å². The molecule has 0 unspecified atom stereocenters. The Morgan fingerprint density at radius 2 is 2.17 bits per heavy atom. The fourth-order valence-corrected chi connectivity index (χ4v) is 3.46. The van der Waals surface area contributed by atoms with Gasteiger partial charge in [0.05, 0.1) is 12.2 Å². The lowest BCUT2D eigenvalue weighted by Crippen LogP contribution is -2.24. The van der Waals surface area contributed by atoms with Crippen molar-refractivity contribution in [3.8, 4) is 11.5 Å². The Morgan fingerprint density at radius 1 is 1.38 bits per heavy atom. The van der Waals surface area contributed by atoms with Gasteiger partial charge in [0.2, 0.25) is 0 Å². The number of rotatable bonds is 5. The molecule has 0 fully saturated rings. The zero-order chi connectivity index (χ0) is 17.1. The Balaban J connectivity index is 1.78. The van der Waals surface area contributed by atoms with Crippen molar-refractivity contribution in [2.75, 3.05) is 6.61 Å². The third kappa shape index (κ3) is 3.66. The molecule has 126 valence electrons. The molecule has 1 atom stereocenters. The van der Waals surface area contributed by atoms with Crippen molar-refractivity contribution in [2.45, 2.75) is 32.9 Å². The van der Waals surface area contributed by atoms with E-state index in [0.29, 0.717) is 18.7 Å². The van der Waals surface area contributed by atoms with E-state index in [1.807, 2.05) is 43.3 Å². The second kappa shape index (κ2) is 7.42. The topological polar surface area (TPSA) is 47.6 Å². The van der Waals surface area contributed by atoms with E-state index in [1.165, 1.54) is 5.56 Å². The molecule has 1 heterocycles. The standard InChI is InChI=1S/C19H20INO3/c1-3-23-17-9-13-8-12(2)24-18(13)10-14(17)11-21-19(22)15-6-4-5-7-16(15)20/h4-7,9-10,12H,3,8,11H2,1-2H3,(H,21,22)/t12-/m1/s1. The number of benzene rings is 2. The lowest BCUT2D eigenvalue weighted by molar-refractivity contribution is 0.0949. The lowest BCUT2D eigenvalue weighted by atomic mass is 10.1. The number of hydrogen-bond donors (Lipinski definition) is 1. The minimum absolute atomic E-state index is 0.0859. The van der Waals surface area contributed by atoms with Crippen LogP contribution in [0.25, 0.3) is 0 Å². The largest absolute Gasteiger partial charge is 0.494 e. The van der Waals surface area contributed by atoms with Gasteiger partial charge >= 0.3 is 0 Å². The predicted molar refractivity (Wildman–Crippen MR) is 102 cm³/mol. The first-order chi connectivity index (χ1) is 11.6. The summed E-state index contributed by atoms with van der Waals surface area (Å²) in [5, 5.41) is 2.98. The molecule has 5 heteroatoms. The summed E-state index contributed by atoms with van der Waals surface area (Å²) in [4.78, 5) is 12.4. The van der Waals surface area contributed by atoms with Gasteiger partial charge in [-0.15, -0.1) is 0 Å². The zero-order valence-electron chi connectivity index (χ0n) is 13.8. The molecule has 0 bridgehead atoms. The number of fused-ring (bicyclic) bond motifs is 1. The SMILES string of the molecule is CCOc1cc2c(cc1CNC(=O)c1ccccc1I)O[C@H](C)C2. The predicted octanol–water partition coefficient (Wildman–Crippen LogP) is 3.94. The van der Waals surface area contributed by atoms with Crippen molar-refractivity contribution in [3.05, 3.63) is 56.7 Å². The molecule has 24 heavy (non-hydrogen) atoms. The molecule has 1 aliphatic rings. The molecular formula is C19H20INO3. The van der Waals surface area contributed by atoms with E-state index in [9.17, 15) is 4.79 Å². The van der Waals surface area contributed by atoms with E-state index in [-0.39, 0.29) is 12.0 Å². The highest BCUT2D eigenvalue weighted by Gasteiger charge is 2.22. The van der Waals surface area contributed by atoms with Crippen LogP contribution in [0.4, 0.5) is 0 Å². The summed E-state index contributed by atoms with van der Waals surface area (Å²) in [5.74, 6) is 1.62. The van der Waals surface area contributed by atoms with E-state index < -0.39 is 0 Å². The Labute approximate surface area is 155 Å². The third-order valence-corrected chi connectivity index (χ3v) is 4.88. The quantitative estimate of drug-likeness (QED) is 0.721. The minimum atomic E-state index is -0.0859. The maximum atomic E-state index is 12.4. The summed E-state index contributed by atoms with van der Waals surface area (Å²) >= 11 is 2.17. The Kier molecular flexibility index (Phi) is 5.28. The third-order valence-electron chi connectivity index (χ3n) is 3.94. The highest BCUT2D eigenvalue weighted by atomic mass is 127. The van der Waals surface area contributed by atoms with Gasteiger partial charge in [-0.3, -0.25) is 4.79 Å². The molecule has 1 amide bonds. The molecule has 4 nitrogen and oxygen atoms in total. The van der Waals surface area contributed by atoms with Gasteiger partial charge in [-0.25, -0.2) is 0 Å². The number of halogens is 1. The summed E-state index contributed by atoms with van der Waals surface area (Å²) in [6, 6.07) is 11.6. The molecular weight excluding hydrogens is 417 g/mol. The van der Waals surface area contributed by atoms with E-state index in [1.54, 1.807) is 0 Å². The molecule has 0 aliphatic carbocycles. The van der Waals surface area contributed by atoms with Gasteiger partial charge in [-0.1, -0.05) is 12.1 Å². The monoisotopic (exact) mass is 437 g/mol. The molecule has 1 aliphatic heterocycles. The van der Waals surface area contributed by atoms with Crippen LogP contribution in [0.5, 0.6) is 11.5 Å². The highest BCUT2D eigenvalue weighted by molar-refractivity contribution is 14.1. The van der Waals surface area contributed by atoms with Crippen molar-refractivity contribution in [2.24, 2.45) is 0 Å². The first kappa shape index (κ1) is 17.1. The van der Waals surface area contributed by atoms with Crippen LogP contribution in [-0.2, 0) is 13.0 Å². The Bertz CT molecular complexity index is 760. The van der Waals surface area contributed by atoms with Crippen LogP contribution < -0.4 is 14.8 Å². The Morgan fingerprint density at radius 3 is 2.92 bits per heavy atom. The fraction of sp³-hybridized carbons (Fsp3) is 0.316. The van der Waals surface area contributed by atoms with E-state index in [2.05, 4.69) is 34.8 Å². The second-order valence-corrected chi connectivity index (χ2v) is 6.96. The van der Waals surface area contributed by atoms with Gasteiger partial charge in [-0.2, -0.15) is 0 Å². The minimum Gasteiger partial charge on any atom is -0.494 e. The van der Waals surface area contributed by atoms with E-state index in [0.717, 1.165) is 27.1 Å². The van der Waals surface area contributed by atoms with Crippen LogP contribution in [0.3, 0.4) is 0 Å². The molecule has 0 radical (unpaired) electrons. The van der Waals surface area contributed by atoms with E-state index in [4.69, 9.17) is 9.47 Å². The van der Waals surface area contributed by atoms with Crippen molar-refractivity contribution < 1.29 is 14.3 Å². The molecule has 0 aromatic heterocycles. The van der Waals surface area contributed by atoms with Crippen LogP contribution in [0.15, 0.2) is 36.4 Å². The fourth-order valence-electron chi connectivity index (χ4n) is 2.83. The van der Waals surface area contributed by atoms with Crippen molar-refractivity contribution in [1.82, 2.24) is 5.32 Å².